The van der Waals surface area contributed by atoms with Crippen molar-refractivity contribution in [2.75, 3.05) is 0 Å². The molecule has 0 spiro atoms. The molecule has 0 amide bonds. The molecule has 7 heteroatoms. The minimum absolute atomic E-state index is 0.00654. The minimum Gasteiger partial charge on any atom is -0.328 e. The van der Waals surface area contributed by atoms with Gasteiger partial charge >= 0.3 is 0 Å². The fraction of sp³-hybridized carbons (Fsp3) is 0.346. The molecule has 2 aromatic heterocycles. The molecule has 172 valence electrons. The Morgan fingerprint density at radius 3 is 2.73 bits per heavy atom. The van der Waals surface area contributed by atoms with Crippen molar-refractivity contribution in [1.29, 1.82) is 0 Å². The molecule has 0 saturated heterocycles. The van der Waals surface area contributed by atoms with E-state index >= 15 is 0 Å². The van der Waals surface area contributed by atoms with Crippen LogP contribution in [0, 0.1) is 18.6 Å². The normalized spacial score (nSPS) is 22.8. The SMILES string of the molecule is Cc1ccc(F)c(-c2cccc(C(=O)Cc3cnccc3[C@H]3C[C@@H](N)CC(C)(N)C3)n2)c1F. The number of aryl methyl sites for hydroxylation is 1. The van der Waals surface area contributed by atoms with Crippen LogP contribution in [0.3, 0.4) is 0 Å². The molecular formula is C26H28F2N4O. The van der Waals surface area contributed by atoms with Crippen molar-refractivity contribution in [2.24, 2.45) is 11.5 Å². The first-order chi connectivity index (χ1) is 15.6. The molecule has 33 heavy (non-hydrogen) atoms. The number of halogens is 2. The van der Waals surface area contributed by atoms with E-state index < -0.39 is 11.6 Å². The van der Waals surface area contributed by atoms with Crippen LogP contribution >= 0.6 is 0 Å². The Labute approximate surface area is 192 Å². The zero-order valence-corrected chi connectivity index (χ0v) is 18.8. The molecule has 3 atom stereocenters. The predicted octanol–water partition coefficient (Wildman–Crippen LogP) is 4.47. The number of Topliss-reactive ketones (excluding diaryl/α,β-unsaturated/α-hetero) is 1. The number of pyridine rings is 2. The third-order valence-electron chi connectivity index (χ3n) is 6.34. The summed E-state index contributed by atoms with van der Waals surface area (Å²) in [4.78, 5) is 21.6. The molecule has 0 radical (unpaired) electrons. The second kappa shape index (κ2) is 9.08. The van der Waals surface area contributed by atoms with E-state index in [1.54, 1.807) is 31.5 Å². The Bertz CT molecular complexity index is 1190. The maximum Gasteiger partial charge on any atom is 0.185 e. The van der Waals surface area contributed by atoms with Crippen LogP contribution in [0.5, 0.6) is 0 Å². The number of nitrogens with zero attached hydrogens (tertiary/aromatic N) is 2. The first-order valence-electron chi connectivity index (χ1n) is 11.1. The van der Waals surface area contributed by atoms with Gasteiger partial charge in [0.25, 0.3) is 0 Å². The van der Waals surface area contributed by atoms with Crippen molar-refractivity contribution in [3.8, 4) is 11.3 Å². The number of nitrogens with two attached hydrogens (primary N) is 2. The van der Waals surface area contributed by atoms with E-state index in [9.17, 15) is 13.6 Å². The summed E-state index contributed by atoms with van der Waals surface area (Å²) in [5.41, 5.74) is 14.4. The van der Waals surface area contributed by atoms with Gasteiger partial charge in [-0.05, 0) is 80.0 Å². The maximum absolute atomic E-state index is 14.6. The molecule has 1 fully saturated rings. The zero-order chi connectivity index (χ0) is 23.8. The summed E-state index contributed by atoms with van der Waals surface area (Å²) in [6.45, 7) is 3.56. The van der Waals surface area contributed by atoms with Gasteiger partial charge in [0.2, 0.25) is 0 Å². The van der Waals surface area contributed by atoms with Crippen LogP contribution in [0.1, 0.15) is 59.3 Å². The first kappa shape index (κ1) is 23.1. The second-order valence-electron chi connectivity index (χ2n) is 9.39. The molecule has 3 aromatic rings. The standard InChI is InChI=1S/C26H28F2N4O/c1-15-6-7-20(27)24(25(15)28)22-5-3-4-21(32-22)23(33)11-17-14-31-9-8-19(17)16-10-18(29)13-26(2,30)12-16/h3-9,14,16,18H,10-13,29-30H2,1-2H3/t16-,18+,26?/m0/s1. The van der Waals surface area contributed by atoms with E-state index in [1.165, 1.54) is 18.2 Å². The van der Waals surface area contributed by atoms with Gasteiger partial charge in [0.15, 0.2) is 5.78 Å². The fourth-order valence-corrected chi connectivity index (χ4v) is 4.88. The van der Waals surface area contributed by atoms with Crippen LogP contribution in [0.25, 0.3) is 11.3 Å². The van der Waals surface area contributed by atoms with Crippen LogP contribution < -0.4 is 11.5 Å². The molecule has 4 rings (SSSR count). The molecule has 1 aliphatic carbocycles. The summed E-state index contributed by atoms with van der Waals surface area (Å²) in [7, 11) is 0. The van der Waals surface area contributed by atoms with Crippen LogP contribution in [-0.4, -0.2) is 27.3 Å². The van der Waals surface area contributed by atoms with Crippen LogP contribution in [0.4, 0.5) is 8.78 Å². The van der Waals surface area contributed by atoms with Gasteiger partial charge in [0.05, 0.1) is 11.3 Å². The molecule has 1 unspecified atom stereocenters. The topological polar surface area (TPSA) is 94.9 Å². The summed E-state index contributed by atoms with van der Waals surface area (Å²) in [5.74, 6) is -1.53. The molecule has 1 aliphatic rings. The molecular weight excluding hydrogens is 422 g/mol. The van der Waals surface area contributed by atoms with Gasteiger partial charge in [-0.1, -0.05) is 12.1 Å². The Balaban J connectivity index is 1.62. The van der Waals surface area contributed by atoms with Gasteiger partial charge in [0.1, 0.15) is 17.3 Å². The van der Waals surface area contributed by atoms with E-state index in [1.807, 2.05) is 13.0 Å². The summed E-state index contributed by atoms with van der Waals surface area (Å²) in [6.07, 6.45) is 5.78. The van der Waals surface area contributed by atoms with Crippen molar-refractivity contribution in [1.82, 2.24) is 9.97 Å². The average molecular weight is 451 g/mol. The number of carbonyl (C=O) groups excluding carboxylic acids is 1. The first-order valence-corrected chi connectivity index (χ1v) is 11.1. The van der Waals surface area contributed by atoms with Gasteiger partial charge < -0.3 is 11.5 Å². The smallest absolute Gasteiger partial charge is 0.185 e. The lowest BCUT2D eigenvalue weighted by molar-refractivity contribution is 0.0987. The monoisotopic (exact) mass is 450 g/mol. The predicted molar refractivity (Wildman–Crippen MR) is 124 cm³/mol. The van der Waals surface area contributed by atoms with Crippen LogP contribution in [0.15, 0.2) is 48.8 Å². The number of benzene rings is 1. The summed E-state index contributed by atoms with van der Waals surface area (Å²) < 4.78 is 28.9. The number of carbonyl (C=O) groups is 1. The highest BCUT2D eigenvalue weighted by Crippen LogP contribution is 2.38. The lowest BCUT2D eigenvalue weighted by atomic mass is 9.72. The summed E-state index contributed by atoms with van der Waals surface area (Å²) in [5, 5.41) is 0. The number of hydrogen-bond donors (Lipinski definition) is 2. The summed E-state index contributed by atoms with van der Waals surface area (Å²) >= 11 is 0. The van der Waals surface area contributed by atoms with Crippen molar-refractivity contribution in [3.05, 3.63) is 82.8 Å². The summed E-state index contributed by atoms with van der Waals surface area (Å²) in [6, 6.07) is 9.12. The van der Waals surface area contributed by atoms with Gasteiger partial charge in [-0.15, -0.1) is 0 Å². The van der Waals surface area contributed by atoms with E-state index in [0.29, 0.717) is 5.56 Å². The third kappa shape index (κ3) is 4.99. The largest absolute Gasteiger partial charge is 0.328 e. The molecule has 5 nitrogen and oxygen atoms in total. The number of aromatic nitrogens is 2. The van der Waals surface area contributed by atoms with Crippen molar-refractivity contribution >= 4 is 5.78 Å². The average Bonchev–Trinajstić information content (AvgIpc) is 2.76. The molecule has 4 N–H and O–H groups in total. The lowest BCUT2D eigenvalue weighted by Gasteiger charge is -2.39. The fourth-order valence-electron chi connectivity index (χ4n) is 4.88. The molecule has 0 bridgehead atoms. The quantitative estimate of drug-likeness (QED) is 0.560. The van der Waals surface area contributed by atoms with E-state index in [4.69, 9.17) is 11.5 Å². The highest BCUT2D eigenvalue weighted by molar-refractivity contribution is 5.96. The van der Waals surface area contributed by atoms with Gasteiger partial charge in [-0.2, -0.15) is 0 Å². The van der Waals surface area contributed by atoms with Crippen LogP contribution in [-0.2, 0) is 6.42 Å². The number of hydrogen-bond acceptors (Lipinski definition) is 5. The molecule has 2 heterocycles. The highest BCUT2D eigenvalue weighted by atomic mass is 19.1. The number of rotatable bonds is 5. The second-order valence-corrected chi connectivity index (χ2v) is 9.39. The highest BCUT2D eigenvalue weighted by Gasteiger charge is 2.34. The minimum atomic E-state index is -0.719. The molecule has 0 aliphatic heterocycles. The van der Waals surface area contributed by atoms with Crippen LogP contribution in [0.2, 0.25) is 0 Å². The Hall–Kier alpha value is -3.03. The Morgan fingerprint density at radius 1 is 1.18 bits per heavy atom. The van der Waals surface area contributed by atoms with E-state index in [0.717, 1.165) is 30.4 Å². The Kier molecular flexibility index (Phi) is 6.36. The van der Waals surface area contributed by atoms with Crippen molar-refractivity contribution < 1.29 is 13.6 Å². The molecule has 1 saturated carbocycles. The third-order valence-corrected chi connectivity index (χ3v) is 6.34. The van der Waals surface area contributed by atoms with E-state index in [-0.39, 0.29) is 46.7 Å². The zero-order valence-electron chi connectivity index (χ0n) is 18.8. The van der Waals surface area contributed by atoms with Gasteiger partial charge in [0, 0.05) is 30.4 Å². The lowest BCUT2D eigenvalue weighted by Crippen LogP contribution is -2.48. The molecule has 1 aromatic carbocycles. The van der Waals surface area contributed by atoms with E-state index in [2.05, 4.69) is 9.97 Å². The maximum atomic E-state index is 14.6. The van der Waals surface area contributed by atoms with Crippen molar-refractivity contribution in [2.45, 2.75) is 57.0 Å². The van der Waals surface area contributed by atoms with Gasteiger partial charge in [-0.3, -0.25) is 9.78 Å². The van der Waals surface area contributed by atoms with Crippen molar-refractivity contribution in [3.63, 3.8) is 0 Å². The number of ketones is 1. The van der Waals surface area contributed by atoms with Gasteiger partial charge in [-0.25, -0.2) is 13.8 Å². The Morgan fingerprint density at radius 2 is 1.97 bits per heavy atom.